The van der Waals surface area contributed by atoms with E-state index in [9.17, 15) is 12.8 Å². The first kappa shape index (κ1) is 13.2. The van der Waals surface area contributed by atoms with E-state index >= 15 is 0 Å². The number of aromatic nitrogens is 3. The third kappa shape index (κ3) is 2.20. The van der Waals surface area contributed by atoms with Gasteiger partial charge in [-0.2, -0.15) is 19.3 Å². The fourth-order valence-electron chi connectivity index (χ4n) is 2.33. The van der Waals surface area contributed by atoms with Crippen LogP contribution in [0.4, 0.5) is 4.39 Å². The van der Waals surface area contributed by atoms with E-state index in [0.29, 0.717) is 13.0 Å². The molecule has 1 unspecified atom stereocenters. The van der Waals surface area contributed by atoms with E-state index in [1.54, 1.807) is 12.4 Å². The van der Waals surface area contributed by atoms with Gasteiger partial charge in [0.2, 0.25) is 10.0 Å². The highest BCUT2D eigenvalue weighted by Crippen LogP contribution is 2.27. The summed E-state index contributed by atoms with van der Waals surface area (Å²) in [5, 5.41) is 8.03. The molecule has 2 aromatic rings. The first-order valence-corrected chi connectivity index (χ1v) is 7.63. The molecule has 0 saturated carbocycles. The molecule has 0 aliphatic carbocycles. The zero-order chi connectivity index (χ0) is 14.2. The van der Waals surface area contributed by atoms with E-state index in [0.717, 1.165) is 6.07 Å². The number of halogens is 1. The minimum Gasteiger partial charge on any atom is -0.207 e. The van der Waals surface area contributed by atoms with Gasteiger partial charge in [-0.3, -0.25) is 0 Å². The molecule has 0 bridgehead atoms. The quantitative estimate of drug-likeness (QED) is 0.849. The predicted molar refractivity (Wildman–Crippen MR) is 68.8 cm³/mol. The van der Waals surface area contributed by atoms with Gasteiger partial charge in [0.25, 0.3) is 0 Å². The van der Waals surface area contributed by atoms with Crippen LogP contribution in [0, 0.1) is 5.82 Å². The molecule has 0 spiro atoms. The number of benzene rings is 1. The van der Waals surface area contributed by atoms with Crippen LogP contribution in [0.15, 0.2) is 41.6 Å². The van der Waals surface area contributed by atoms with Gasteiger partial charge in [-0.15, -0.1) is 0 Å². The van der Waals surface area contributed by atoms with E-state index in [1.807, 2.05) is 0 Å². The molecule has 1 fully saturated rings. The van der Waals surface area contributed by atoms with Crippen LogP contribution in [0.1, 0.15) is 12.5 Å². The summed E-state index contributed by atoms with van der Waals surface area (Å²) in [6.45, 7) is 0.591. The van der Waals surface area contributed by atoms with Crippen LogP contribution in [0.5, 0.6) is 0 Å². The van der Waals surface area contributed by atoms with Gasteiger partial charge in [0.05, 0.1) is 18.4 Å². The molecular formula is C12H13FN4O2S. The van der Waals surface area contributed by atoms with E-state index in [2.05, 4.69) is 10.2 Å². The zero-order valence-corrected chi connectivity index (χ0v) is 11.4. The Bertz CT molecular complexity index is 702. The van der Waals surface area contributed by atoms with Gasteiger partial charge in [-0.25, -0.2) is 12.8 Å². The minimum atomic E-state index is -3.80. The van der Waals surface area contributed by atoms with Crippen molar-refractivity contribution in [3.63, 3.8) is 0 Å². The topological polar surface area (TPSA) is 68.1 Å². The van der Waals surface area contributed by atoms with Crippen molar-refractivity contribution in [2.24, 2.45) is 0 Å². The molecule has 6 nitrogen and oxygen atoms in total. The third-order valence-corrected chi connectivity index (χ3v) is 5.24. The van der Waals surface area contributed by atoms with Crippen molar-refractivity contribution in [1.82, 2.24) is 19.3 Å². The Kier molecular flexibility index (Phi) is 3.27. The van der Waals surface area contributed by atoms with Gasteiger partial charge in [0.15, 0.2) is 0 Å². The van der Waals surface area contributed by atoms with Gasteiger partial charge in [-0.1, -0.05) is 12.1 Å². The Morgan fingerprint density at radius 2 is 1.90 bits per heavy atom. The smallest absolute Gasteiger partial charge is 0.207 e. The van der Waals surface area contributed by atoms with Crippen molar-refractivity contribution in [2.45, 2.75) is 17.4 Å². The van der Waals surface area contributed by atoms with Crippen molar-refractivity contribution in [3.8, 4) is 0 Å². The number of hydrogen-bond donors (Lipinski definition) is 0. The summed E-state index contributed by atoms with van der Waals surface area (Å²) >= 11 is 0. The van der Waals surface area contributed by atoms with Gasteiger partial charge in [-0.05, 0) is 18.6 Å². The van der Waals surface area contributed by atoms with E-state index in [-0.39, 0.29) is 17.5 Å². The summed E-state index contributed by atoms with van der Waals surface area (Å²) in [5.41, 5.74) is 0. The monoisotopic (exact) mass is 296 g/mol. The lowest BCUT2D eigenvalue weighted by atomic mass is 10.3. The number of sulfonamides is 1. The standard InChI is InChI=1S/C12H13FN4O2S/c13-11-3-1-2-4-12(11)20(18,19)16-8-5-10(9-16)17-14-6-7-15-17/h1-4,6-7,10H,5,8-9H2. The second-order valence-electron chi connectivity index (χ2n) is 4.59. The van der Waals surface area contributed by atoms with Gasteiger partial charge < -0.3 is 0 Å². The molecular weight excluding hydrogens is 283 g/mol. The van der Waals surface area contributed by atoms with Crippen LogP contribution in [-0.2, 0) is 10.0 Å². The summed E-state index contributed by atoms with van der Waals surface area (Å²) in [6.07, 6.45) is 3.71. The van der Waals surface area contributed by atoms with Gasteiger partial charge in [0.1, 0.15) is 10.7 Å². The molecule has 8 heteroatoms. The Balaban J connectivity index is 1.85. The van der Waals surface area contributed by atoms with Crippen LogP contribution in [0.3, 0.4) is 0 Å². The van der Waals surface area contributed by atoms with Crippen molar-refractivity contribution < 1.29 is 12.8 Å². The summed E-state index contributed by atoms with van der Waals surface area (Å²) in [6, 6.07) is 5.30. The number of nitrogens with zero attached hydrogens (tertiary/aromatic N) is 4. The largest absolute Gasteiger partial charge is 0.246 e. The van der Waals surface area contributed by atoms with E-state index < -0.39 is 15.8 Å². The molecule has 1 aliphatic heterocycles. The molecule has 0 N–H and O–H groups in total. The second-order valence-corrected chi connectivity index (χ2v) is 6.49. The molecule has 1 atom stereocenters. The Labute approximate surface area is 115 Å². The molecule has 3 rings (SSSR count). The molecule has 1 aromatic carbocycles. The normalized spacial score (nSPS) is 20.4. The Hall–Kier alpha value is -1.80. The molecule has 20 heavy (non-hydrogen) atoms. The molecule has 2 heterocycles. The summed E-state index contributed by atoms with van der Waals surface area (Å²) in [4.78, 5) is 1.21. The van der Waals surface area contributed by atoms with Gasteiger partial charge in [0, 0.05) is 13.1 Å². The summed E-state index contributed by atoms with van der Waals surface area (Å²) in [7, 11) is -3.80. The van der Waals surface area contributed by atoms with Crippen molar-refractivity contribution >= 4 is 10.0 Å². The van der Waals surface area contributed by atoms with Gasteiger partial charge >= 0.3 is 0 Å². The van der Waals surface area contributed by atoms with Crippen LogP contribution in [0.25, 0.3) is 0 Å². The third-order valence-electron chi connectivity index (χ3n) is 3.34. The maximum absolute atomic E-state index is 13.7. The van der Waals surface area contributed by atoms with Crippen LogP contribution in [0.2, 0.25) is 0 Å². The first-order valence-electron chi connectivity index (χ1n) is 6.19. The average molecular weight is 296 g/mol. The highest BCUT2D eigenvalue weighted by Gasteiger charge is 2.35. The molecule has 0 radical (unpaired) electrons. The SMILES string of the molecule is O=S(=O)(c1ccccc1F)N1CCC(n2nccn2)C1. The van der Waals surface area contributed by atoms with Crippen LogP contribution in [-0.4, -0.2) is 40.8 Å². The fourth-order valence-corrected chi connectivity index (χ4v) is 3.88. The lowest BCUT2D eigenvalue weighted by Crippen LogP contribution is -2.30. The maximum Gasteiger partial charge on any atom is 0.246 e. The lowest BCUT2D eigenvalue weighted by molar-refractivity contribution is 0.401. The number of rotatable bonds is 3. The van der Waals surface area contributed by atoms with Crippen molar-refractivity contribution in [3.05, 3.63) is 42.5 Å². The van der Waals surface area contributed by atoms with E-state index in [1.165, 1.54) is 27.3 Å². The predicted octanol–water partition coefficient (Wildman–Crippen LogP) is 1.05. The fraction of sp³-hybridized carbons (Fsp3) is 0.333. The first-order chi connectivity index (χ1) is 9.59. The Morgan fingerprint density at radius 3 is 2.60 bits per heavy atom. The Morgan fingerprint density at radius 1 is 1.20 bits per heavy atom. The lowest BCUT2D eigenvalue weighted by Gasteiger charge is -2.16. The summed E-state index contributed by atoms with van der Waals surface area (Å²) in [5.74, 6) is -0.729. The molecule has 0 amide bonds. The van der Waals surface area contributed by atoms with Crippen LogP contribution < -0.4 is 0 Å². The maximum atomic E-state index is 13.7. The summed E-state index contributed by atoms with van der Waals surface area (Å²) < 4.78 is 39.8. The zero-order valence-electron chi connectivity index (χ0n) is 10.6. The number of hydrogen-bond acceptors (Lipinski definition) is 4. The molecule has 106 valence electrons. The molecule has 1 aromatic heterocycles. The average Bonchev–Trinajstić information content (AvgIpc) is 3.10. The van der Waals surface area contributed by atoms with Crippen molar-refractivity contribution in [2.75, 3.05) is 13.1 Å². The van der Waals surface area contributed by atoms with Crippen LogP contribution >= 0.6 is 0 Å². The van der Waals surface area contributed by atoms with E-state index in [4.69, 9.17) is 0 Å². The molecule has 1 saturated heterocycles. The highest BCUT2D eigenvalue weighted by atomic mass is 32.2. The highest BCUT2D eigenvalue weighted by molar-refractivity contribution is 7.89. The van der Waals surface area contributed by atoms with Crippen molar-refractivity contribution in [1.29, 1.82) is 0 Å². The second kappa shape index (κ2) is 4.95. The molecule has 1 aliphatic rings. The minimum absolute atomic E-state index is 0.105.